The number of nitrogens with two attached hydrogens (primary N) is 1. The number of ether oxygens (including phenoxy) is 2. The van der Waals surface area contributed by atoms with E-state index in [-0.39, 0.29) is 12.0 Å². The molecule has 0 radical (unpaired) electrons. The van der Waals surface area contributed by atoms with Crippen LogP contribution < -0.4 is 21.3 Å². The van der Waals surface area contributed by atoms with Gasteiger partial charge < -0.3 is 14.8 Å². The number of hydrogen-bond acceptors (Lipinski definition) is 8. The molecule has 0 atom stereocenters. The minimum absolute atomic E-state index is 0.210. The molecule has 0 aromatic carbocycles. The average Bonchev–Trinajstić information content (AvgIpc) is 2.96. The van der Waals surface area contributed by atoms with Crippen LogP contribution in [0.5, 0.6) is 6.01 Å². The molecule has 1 fully saturated rings. The van der Waals surface area contributed by atoms with Gasteiger partial charge in [0.25, 0.3) is 0 Å². The van der Waals surface area contributed by atoms with E-state index in [9.17, 15) is 0 Å². The topological polar surface area (TPSA) is 107 Å². The second-order valence-corrected chi connectivity index (χ2v) is 4.32. The smallest absolute Gasteiger partial charge is 0.322 e. The van der Waals surface area contributed by atoms with E-state index in [1.807, 2.05) is 0 Å². The highest BCUT2D eigenvalue weighted by atomic mass is 16.5. The van der Waals surface area contributed by atoms with Crippen LogP contribution in [0.15, 0.2) is 0 Å². The van der Waals surface area contributed by atoms with Gasteiger partial charge in [0, 0.05) is 6.54 Å². The quantitative estimate of drug-likeness (QED) is 0.373. The molecule has 1 heterocycles. The lowest BCUT2D eigenvalue weighted by atomic mass is 10.3. The van der Waals surface area contributed by atoms with E-state index in [1.165, 1.54) is 32.8 Å². The summed E-state index contributed by atoms with van der Waals surface area (Å²) in [5, 5.41) is 3.06. The zero-order chi connectivity index (χ0) is 13.5. The molecule has 0 unspecified atom stereocenters. The summed E-state index contributed by atoms with van der Waals surface area (Å²) in [6.45, 7) is 1.26. The van der Waals surface area contributed by atoms with Crippen molar-refractivity contribution in [3.8, 4) is 6.01 Å². The van der Waals surface area contributed by atoms with Crippen LogP contribution in [-0.2, 0) is 4.74 Å². The highest BCUT2D eigenvalue weighted by Gasteiger charge is 2.14. The second-order valence-electron chi connectivity index (χ2n) is 4.32. The number of nitrogens with one attached hydrogen (secondary N) is 2. The predicted octanol–water partition coefficient (Wildman–Crippen LogP) is 0.537. The van der Waals surface area contributed by atoms with E-state index in [4.69, 9.17) is 15.3 Å². The lowest BCUT2D eigenvalue weighted by Gasteiger charge is -2.11. The van der Waals surface area contributed by atoms with Gasteiger partial charge in [0.1, 0.15) is 0 Å². The highest BCUT2D eigenvalue weighted by molar-refractivity contribution is 5.34. The van der Waals surface area contributed by atoms with Crippen molar-refractivity contribution < 1.29 is 9.47 Å². The molecule has 0 spiro atoms. The molecule has 0 aliphatic heterocycles. The Balaban J connectivity index is 1.77. The SMILES string of the molecule is COc1nc(NN)nc(NCCOC2CCCC2)n1. The van der Waals surface area contributed by atoms with Crippen LogP contribution in [0.2, 0.25) is 0 Å². The van der Waals surface area contributed by atoms with Gasteiger partial charge in [-0.2, -0.15) is 15.0 Å². The van der Waals surface area contributed by atoms with Crippen LogP contribution in [0, 0.1) is 0 Å². The summed E-state index contributed by atoms with van der Waals surface area (Å²) in [4.78, 5) is 12.0. The molecular formula is C11H20N6O2. The summed E-state index contributed by atoms with van der Waals surface area (Å²) < 4.78 is 10.7. The van der Waals surface area contributed by atoms with Crippen LogP contribution >= 0.6 is 0 Å². The molecule has 8 heteroatoms. The molecule has 8 nitrogen and oxygen atoms in total. The number of aromatic nitrogens is 3. The fourth-order valence-electron chi connectivity index (χ4n) is 2.03. The first-order valence-corrected chi connectivity index (χ1v) is 6.44. The Morgan fingerprint density at radius 1 is 1.21 bits per heavy atom. The summed E-state index contributed by atoms with van der Waals surface area (Å²) in [7, 11) is 1.49. The highest BCUT2D eigenvalue weighted by Crippen LogP contribution is 2.20. The summed E-state index contributed by atoms with van der Waals surface area (Å²) in [5.74, 6) is 5.94. The van der Waals surface area contributed by atoms with Gasteiger partial charge in [-0.05, 0) is 12.8 Å². The maximum absolute atomic E-state index is 5.73. The minimum atomic E-state index is 0.210. The van der Waals surface area contributed by atoms with Gasteiger partial charge in [-0.25, -0.2) is 5.84 Å². The van der Waals surface area contributed by atoms with E-state index in [0.29, 0.717) is 25.2 Å². The zero-order valence-corrected chi connectivity index (χ0v) is 11.1. The summed E-state index contributed by atoms with van der Waals surface area (Å²) >= 11 is 0. The molecule has 106 valence electrons. The van der Waals surface area contributed by atoms with E-state index in [1.54, 1.807) is 0 Å². The van der Waals surface area contributed by atoms with Gasteiger partial charge in [0.05, 0.1) is 19.8 Å². The third-order valence-electron chi connectivity index (χ3n) is 2.97. The van der Waals surface area contributed by atoms with Crippen LogP contribution in [0.1, 0.15) is 25.7 Å². The third-order valence-corrected chi connectivity index (χ3v) is 2.97. The Hall–Kier alpha value is -1.67. The van der Waals surface area contributed by atoms with E-state index in [2.05, 4.69) is 25.7 Å². The van der Waals surface area contributed by atoms with E-state index >= 15 is 0 Å². The first-order chi connectivity index (χ1) is 9.31. The number of nitrogens with zero attached hydrogens (tertiary/aromatic N) is 3. The van der Waals surface area contributed by atoms with Crippen molar-refractivity contribution in [3.63, 3.8) is 0 Å². The van der Waals surface area contributed by atoms with Crippen molar-refractivity contribution in [2.75, 3.05) is 31.0 Å². The van der Waals surface area contributed by atoms with Gasteiger partial charge >= 0.3 is 6.01 Å². The summed E-state index contributed by atoms with van der Waals surface area (Å²) in [6, 6.07) is 0.210. The Bertz CT molecular complexity index is 375. The fourth-order valence-corrected chi connectivity index (χ4v) is 2.03. The molecule has 1 aromatic rings. The van der Waals surface area contributed by atoms with Crippen molar-refractivity contribution in [2.45, 2.75) is 31.8 Å². The van der Waals surface area contributed by atoms with Crippen LogP contribution in [0.25, 0.3) is 0 Å². The molecule has 1 aliphatic carbocycles. The van der Waals surface area contributed by atoms with Crippen LogP contribution in [-0.4, -0.2) is 41.3 Å². The van der Waals surface area contributed by atoms with Crippen molar-refractivity contribution >= 4 is 11.9 Å². The number of anilines is 2. The Kier molecular flexibility index (Phi) is 5.10. The molecule has 0 bridgehead atoms. The Morgan fingerprint density at radius 3 is 2.63 bits per heavy atom. The first-order valence-electron chi connectivity index (χ1n) is 6.44. The number of hydrazine groups is 1. The Morgan fingerprint density at radius 2 is 1.95 bits per heavy atom. The van der Waals surface area contributed by atoms with Crippen molar-refractivity contribution in [1.82, 2.24) is 15.0 Å². The summed E-state index contributed by atoms with van der Waals surface area (Å²) in [5.41, 5.74) is 2.36. The van der Waals surface area contributed by atoms with E-state index < -0.39 is 0 Å². The third kappa shape index (κ3) is 4.18. The van der Waals surface area contributed by atoms with E-state index in [0.717, 1.165) is 0 Å². The first kappa shape index (κ1) is 13.8. The maximum Gasteiger partial charge on any atom is 0.322 e. The number of methoxy groups -OCH3 is 1. The lowest BCUT2D eigenvalue weighted by Crippen LogP contribution is -2.18. The molecule has 2 rings (SSSR count). The molecule has 19 heavy (non-hydrogen) atoms. The van der Waals surface area contributed by atoms with Crippen molar-refractivity contribution in [3.05, 3.63) is 0 Å². The monoisotopic (exact) mass is 268 g/mol. The second kappa shape index (κ2) is 7.05. The number of rotatable bonds is 7. The summed E-state index contributed by atoms with van der Waals surface area (Å²) in [6.07, 6.45) is 5.29. The molecule has 1 aliphatic rings. The van der Waals surface area contributed by atoms with Gasteiger partial charge in [-0.15, -0.1) is 0 Å². The molecule has 4 N–H and O–H groups in total. The van der Waals surface area contributed by atoms with Crippen LogP contribution in [0.3, 0.4) is 0 Å². The number of nitrogen functional groups attached to an aromatic ring is 1. The van der Waals surface area contributed by atoms with Gasteiger partial charge in [0.2, 0.25) is 11.9 Å². The number of hydrogen-bond donors (Lipinski definition) is 3. The largest absolute Gasteiger partial charge is 0.467 e. The Labute approximate surface area is 112 Å². The van der Waals surface area contributed by atoms with Crippen LogP contribution in [0.4, 0.5) is 11.9 Å². The van der Waals surface area contributed by atoms with Gasteiger partial charge in [-0.1, -0.05) is 12.8 Å². The van der Waals surface area contributed by atoms with Gasteiger partial charge in [-0.3, -0.25) is 5.43 Å². The molecule has 0 saturated heterocycles. The van der Waals surface area contributed by atoms with Crippen molar-refractivity contribution in [2.24, 2.45) is 5.84 Å². The average molecular weight is 268 g/mol. The normalized spacial score (nSPS) is 15.5. The fraction of sp³-hybridized carbons (Fsp3) is 0.727. The molecular weight excluding hydrogens is 248 g/mol. The predicted molar refractivity (Wildman–Crippen MR) is 70.9 cm³/mol. The molecule has 1 saturated carbocycles. The van der Waals surface area contributed by atoms with Gasteiger partial charge in [0.15, 0.2) is 0 Å². The minimum Gasteiger partial charge on any atom is -0.467 e. The zero-order valence-electron chi connectivity index (χ0n) is 11.1. The molecule has 1 aromatic heterocycles. The molecule has 0 amide bonds. The standard InChI is InChI=1S/C11H20N6O2/c1-18-11-15-9(14-10(16-11)17-12)13-6-7-19-8-4-2-3-5-8/h8H,2-7,12H2,1H3,(H2,13,14,15,16,17). The lowest BCUT2D eigenvalue weighted by molar-refractivity contribution is 0.0658. The van der Waals surface area contributed by atoms with Crippen molar-refractivity contribution in [1.29, 1.82) is 0 Å². The maximum atomic E-state index is 5.73.